The lowest BCUT2D eigenvalue weighted by molar-refractivity contribution is 0.0950. The number of aryl methyl sites for hydroxylation is 2. The first-order valence-electron chi connectivity index (χ1n) is 9.12. The molecule has 2 N–H and O–H groups in total. The van der Waals surface area contributed by atoms with E-state index in [2.05, 4.69) is 28.5 Å². The lowest BCUT2D eigenvalue weighted by Gasteiger charge is -2.07. The van der Waals surface area contributed by atoms with E-state index < -0.39 is 11.5 Å². The summed E-state index contributed by atoms with van der Waals surface area (Å²) in [6.07, 6.45) is 0.637. The third kappa shape index (κ3) is 3.76. The number of aromatic amines is 1. The number of fused-ring (bicyclic) bond motifs is 2. The molecule has 0 aliphatic rings. The zero-order chi connectivity index (χ0) is 20.7. The highest BCUT2D eigenvalue weighted by Crippen LogP contribution is 2.27. The number of aromatic nitrogens is 1. The Morgan fingerprint density at radius 3 is 2.72 bits per heavy atom. The molecule has 0 unspecified atom stereocenters. The highest BCUT2D eigenvalue weighted by atomic mass is 35.5. The average molecular weight is 429 g/mol. The molecule has 4 rings (SSSR count). The van der Waals surface area contributed by atoms with Crippen molar-refractivity contribution in [1.82, 2.24) is 10.3 Å². The molecular weight excluding hydrogens is 411 g/mol. The minimum Gasteiger partial charge on any atom is -0.421 e. The van der Waals surface area contributed by atoms with Crippen molar-refractivity contribution in [3.8, 4) is 0 Å². The third-order valence-electron chi connectivity index (χ3n) is 4.93. The van der Waals surface area contributed by atoms with E-state index in [0.717, 1.165) is 22.2 Å². The summed E-state index contributed by atoms with van der Waals surface area (Å²) in [7, 11) is 0. The Balaban J connectivity index is 1.55. The summed E-state index contributed by atoms with van der Waals surface area (Å²) in [5.74, 6) is -0.495. The molecule has 0 bridgehead atoms. The van der Waals surface area contributed by atoms with Crippen molar-refractivity contribution in [3.63, 3.8) is 0 Å². The standard InChI is InChI=1S/C22H18Cl2N2O3/c1-11-3-4-19-16(7-11)15(12(2)26-19)5-6-25-21(27)17-9-13-8-14(23)10-18(24)20(13)29-22(17)28/h3-4,7-10,26H,5-6H2,1-2H3,(H,25,27). The Hall–Kier alpha value is -2.76. The smallest absolute Gasteiger partial charge is 0.349 e. The van der Waals surface area contributed by atoms with Crippen LogP contribution >= 0.6 is 23.2 Å². The van der Waals surface area contributed by atoms with E-state index in [-0.39, 0.29) is 16.2 Å². The van der Waals surface area contributed by atoms with Crippen molar-refractivity contribution in [3.05, 3.63) is 79.2 Å². The van der Waals surface area contributed by atoms with Gasteiger partial charge in [0.2, 0.25) is 0 Å². The van der Waals surface area contributed by atoms with Crippen LogP contribution in [-0.2, 0) is 6.42 Å². The first kappa shape index (κ1) is 19.6. The predicted molar refractivity (Wildman–Crippen MR) is 116 cm³/mol. The van der Waals surface area contributed by atoms with Gasteiger partial charge < -0.3 is 14.7 Å². The van der Waals surface area contributed by atoms with E-state index in [0.29, 0.717) is 23.4 Å². The highest BCUT2D eigenvalue weighted by molar-refractivity contribution is 6.38. The SMILES string of the molecule is Cc1ccc2[nH]c(C)c(CCNC(=O)c3cc4cc(Cl)cc(Cl)c4oc3=O)c2c1. The molecule has 2 aromatic carbocycles. The zero-order valence-electron chi connectivity index (χ0n) is 15.9. The lowest BCUT2D eigenvalue weighted by Crippen LogP contribution is -2.30. The van der Waals surface area contributed by atoms with Crippen LogP contribution < -0.4 is 10.9 Å². The van der Waals surface area contributed by atoms with Gasteiger partial charge in [-0.15, -0.1) is 0 Å². The predicted octanol–water partition coefficient (Wildman–Crippen LogP) is 5.17. The number of halogens is 2. The van der Waals surface area contributed by atoms with E-state index in [1.165, 1.54) is 17.7 Å². The Morgan fingerprint density at radius 1 is 1.14 bits per heavy atom. The number of nitrogens with one attached hydrogen (secondary N) is 2. The number of carbonyl (C=O) groups excluding carboxylic acids is 1. The number of benzene rings is 2. The van der Waals surface area contributed by atoms with E-state index in [1.54, 1.807) is 6.07 Å². The van der Waals surface area contributed by atoms with Crippen LogP contribution in [0.15, 0.2) is 45.6 Å². The minimum absolute atomic E-state index is 0.0812. The van der Waals surface area contributed by atoms with Crippen LogP contribution in [0, 0.1) is 13.8 Å². The summed E-state index contributed by atoms with van der Waals surface area (Å²) in [6, 6.07) is 10.8. The van der Waals surface area contributed by atoms with Gasteiger partial charge in [-0.05, 0) is 56.2 Å². The second-order valence-electron chi connectivity index (χ2n) is 7.04. The van der Waals surface area contributed by atoms with E-state index in [9.17, 15) is 9.59 Å². The molecule has 0 atom stereocenters. The fourth-order valence-electron chi connectivity index (χ4n) is 3.53. The molecule has 0 radical (unpaired) electrons. The molecule has 7 heteroatoms. The molecule has 148 valence electrons. The van der Waals surface area contributed by atoms with Gasteiger partial charge in [-0.25, -0.2) is 4.79 Å². The van der Waals surface area contributed by atoms with Crippen molar-refractivity contribution < 1.29 is 9.21 Å². The number of H-pyrrole nitrogens is 1. The molecule has 2 aromatic heterocycles. The van der Waals surface area contributed by atoms with Crippen LogP contribution in [0.4, 0.5) is 0 Å². The van der Waals surface area contributed by atoms with Crippen LogP contribution in [0.1, 0.15) is 27.2 Å². The Labute approximate surface area is 176 Å². The van der Waals surface area contributed by atoms with Crippen LogP contribution in [0.5, 0.6) is 0 Å². The normalized spacial score (nSPS) is 11.3. The fourth-order valence-corrected chi connectivity index (χ4v) is 4.08. The Morgan fingerprint density at radius 2 is 1.93 bits per heavy atom. The molecule has 5 nitrogen and oxygen atoms in total. The number of hydrogen-bond acceptors (Lipinski definition) is 3. The number of carbonyl (C=O) groups is 1. The molecule has 0 spiro atoms. The van der Waals surface area contributed by atoms with Crippen LogP contribution in [0.2, 0.25) is 10.0 Å². The second kappa shape index (κ2) is 7.58. The summed E-state index contributed by atoms with van der Waals surface area (Å²) < 4.78 is 5.23. The first-order chi connectivity index (χ1) is 13.8. The molecule has 0 saturated carbocycles. The van der Waals surface area contributed by atoms with Crippen molar-refractivity contribution >= 4 is 51.0 Å². The molecule has 29 heavy (non-hydrogen) atoms. The summed E-state index contributed by atoms with van der Waals surface area (Å²) in [4.78, 5) is 28.2. The zero-order valence-corrected chi connectivity index (χ0v) is 17.4. The van der Waals surface area contributed by atoms with Gasteiger partial charge >= 0.3 is 5.63 Å². The molecule has 0 saturated heterocycles. The molecule has 0 aliphatic heterocycles. The topological polar surface area (TPSA) is 75.1 Å². The Kier molecular flexibility index (Phi) is 5.11. The molecule has 4 aromatic rings. The summed E-state index contributed by atoms with van der Waals surface area (Å²) >= 11 is 12.1. The summed E-state index contributed by atoms with van der Waals surface area (Å²) in [5, 5.41) is 5.06. The maximum absolute atomic E-state index is 12.6. The lowest BCUT2D eigenvalue weighted by atomic mass is 10.1. The van der Waals surface area contributed by atoms with Crippen molar-refractivity contribution in [2.45, 2.75) is 20.3 Å². The quantitative estimate of drug-likeness (QED) is 0.440. The molecular formula is C22H18Cl2N2O3. The van der Waals surface area contributed by atoms with Crippen molar-refractivity contribution in [2.24, 2.45) is 0 Å². The maximum Gasteiger partial charge on any atom is 0.349 e. The number of rotatable bonds is 4. The first-order valence-corrected chi connectivity index (χ1v) is 9.88. The van der Waals surface area contributed by atoms with Gasteiger partial charge in [0.25, 0.3) is 5.91 Å². The maximum atomic E-state index is 12.6. The minimum atomic E-state index is -0.738. The van der Waals surface area contributed by atoms with Gasteiger partial charge in [-0.2, -0.15) is 0 Å². The van der Waals surface area contributed by atoms with Gasteiger partial charge in [-0.3, -0.25) is 4.79 Å². The van der Waals surface area contributed by atoms with E-state index in [4.69, 9.17) is 27.6 Å². The van der Waals surface area contributed by atoms with Gasteiger partial charge in [-0.1, -0.05) is 34.8 Å². The largest absolute Gasteiger partial charge is 0.421 e. The van der Waals surface area contributed by atoms with Gasteiger partial charge in [0.15, 0.2) is 5.58 Å². The monoisotopic (exact) mass is 428 g/mol. The summed E-state index contributed by atoms with van der Waals surface area (Å²) in [6.45, 7) is 4.44. The summed E-state index contributed by atoms with van der Waals surface area (Å²) in [5.41, 5.74) is 3.84. The number of hydrogen-bond donors (Lipinski definition) is 2. The van der Waals surface area contributed by atoms with Crippen LogP contribution in [-0.4, -0.2) is 17.4 Å². The van der Waals surface area contributed by atoms with Gasteiger partial charge in [0.05, 0.1) is 5.02 Å². The third-order valence-corrected chi connectivity index (χ3v) is 5.43. The van der Waals surface area contributed by atoms with Crippen LogP contribution in [0.3, 0.4) is 0 Å². The van der Waals surface area contributed by atoms with Crippen LogP contribution in [0.25, 0.3) is 21.9 Å². The van der Waals surface area contributed by atoms with E-state index in [1.807, 2.05) is 13.8 Å². The molecule has 1 amide bonds. The van der Waals surface area contributed by atoms with Gasteiger partial charge in [0, 0.05) is 33.6 Å². The molecule has 0 fully saturated rings. The van der Waals surface area contributed by atoms with Crippen molar-refractivity contribution in [1.29, 1.82) is 0 Å². The van der Waals surface area contributed by atoms with E-state index >= 15 is 0 Å². The second-order valence-corrected chi connectivity index (χ2v) is 7.88. The molecule has 0 aliphatic carbocycles. The fraction of sp³-hybridized carbons (Fsp3) is 0.182. The molecule has 2 heterocycles. The number of amides is 1. The average Bonchev–Trinajstić information content (AvgIpc) is 2.96. The van der Waals surface area contributed by atoms with Crippen molar-refractivity contribution in [2.75, 3.05) is 6.54 Å². The Bertz CT molecular complexity index is 1320. The highest BCUT2D eigenvalue weighted by Gasteiger charge is 2.16. The van der Waals surface area contributed by atoms with Gasteiger partial charge in [0.1, 0.15) is 5.56 Å².